The van der Waals surface area contributed by atoms with E-state index in [1.54, 1.807) is 12.4 Å². The van der Waals surface area contributed by atoms with Crippen LogP contribution in [0.15, 0.2) is 70.5 Å². The fourth-order valence-corrected chi connectivity index (χ4v) is 4.02. The summed E-state index contributed by atoms with van der Waals surface area (Å²) >= 11 is 0. The molecule has 1 atom stereocenters. The lowest BCUT2D eigenvalue weighted by Gasteiger charge is -2.29. The van der Waals surface area contributed by atoms with Gasteiger partial charge in [0.2, 0.25) is 5.90 Å². The first-order valence-corrected chi connectivity index (χ1v) is 10.8. The van der Waals surface area contributed by atoms with Crippen LogP contribution in [0.4, 0.5) is 4.39 Å². The van der Waals surface area contributed by atoms with Crippen molar-refractivity contribution in [3.05, 3.63) is 83.1 Å². The molecule has 1 unspecified atom stereocenters. The third-order valence-electron chi connectivity index (χ3n) is 6.01. The highest BCUT2D eigenvalue weighted by Gasteiger charge is 2.29. The van der Waals surface area contributed by atoms with E-state index in [1.165, 1.54) is 0 Å². The maximum atomic E-state index is 15.8. The van der Waals surface area contributed by atoms with Crippen LogP contribution < -0.4 is 26.6 Å². The summed E-state index contributed by atoms with van der Waals surface area (Å²) in [6.45, 7) is 0.368. The number of nitrogens with two attached hydrogens (primary N) is 1. The molecule has 0 saturated heterocycles. The lowest BCUT2D eigenvalue weighted by molar-refractivity contribution is 0.396. The molecule has 0 radical (unpaired) electrons. The Hall–Kier alpha value is -3.65. The van der Waals surface area contributed by atoms with Crippen molar-refractivity contribution in [2.24, 2.45) is 15.8 Å². The number of rotatable bonds is 5. The Kier molecular flexibility index (Phi) is 5.60. The second-order valence-electron chi connectivity index (χ2n) is 7.97. The zero-order valence-electron chi connectivity index (χ0n) is 17.5. The molecule has 32 heavy (non-hydrogen) atoms. The minimum atomic E-state index is -0.421. The molecule has 2 heterocycles. The minimum absolute atomic E-state index is 0.249. The summed E-state index contributed by atoms with van der Waals surface area (Å²) < 4.78 is 22.0. The van der Waals surface area contributed by atoms with Crippen molar-refractivity contribution in [3.63, 3.8) is 0 Å². The molecule has 0 bridgehead atoms. The van der Waals surface area contributed by atoms with Gasteiger partial charge in [0, 0.05) is 35.3 Å². The molecule has 1 aliphatic carbocycles. The number of ether oxygens (including phenoxy) is 1. The van der Waals surface area contributed by atoms with E-state index >= 15 is 4.39 Å². The SMILES string of the molecule is NNC1=CNC(c2ccc(C3CCC3)c(OC3=NCNC(c4ccccc4)=C3)c2F)C=N1. The molecular formula is C24H25FN6O. The number of halogens is 1. The van der Waals surface area contributed by atoms with Gasteiger partial charge in [-0.15, -0.1) is 0 Å². The predicted molar refractivity (Wildman–Crippen MR) is 123 cm³/mol. The molecule has 3 aliphatic rings. The predicted octanol–water partition coefficient (Wildman–Crippen LogP) is 3.45. The highest BCUT2D eigenvalue weighted by Crippen LogP contribution is 2.43. The van der Waals surface area contributed by atoms with Crippen LogP contribution >= 0.6 is 0 Å². The van der Waals surface area contributed by atoms with Gasteiger partial charge in [-0.25, -0.2) is 20.2 Å². The van der Waals surface area contributed by atoms with Crippen LogP contribution in [0, 0.1) is 5.82 Å². The van der Waals surface area contributed by atoms with Crippen molar-refractivity contribution < 1.29 is 9.13 Å². The molecule has 1 fully saturated rings. The summed E-state index contributed by atoms with van der Waals surface area (Å²) in [6.07, 6.45) is 8.27. The van der Waals surface area contributed by atoms with Crippen molar-refractivity contribution >= 4 is 17.8 Å². The smallest absolute Gasteiger partial charge is 0.218 e. The van der Waals surface area contributed by atoms with Crippen molar-refractivity contribution in [1.29, 1.82) is 0 Å². The number of benzene rings is 2. The summed E-state index contributed by atoms with van der Waals surface area (Å²) in [7, 11) is 0. The van der Waals surface area contributed by atoms with Crippen LogP contribution in [0.3, 0.4) is 0 Å². The lowest BCUT2D eigenvalue weighted by Crippen LogP contribution is -2.29. The van der Waals surface area contributed by atoms with Crippen LogP contribution in [-0.2, 0) is 0 Å². The van der Waals surface area contributed by atoms with E-state index in [-0.39, 0.29) is 5.75 Å². The molecule has 0 amide bonds. The molecule has 0 spiro atoms. The van der Waals surface area contributed by atoms with E-state index in [2.05, 4.69) is 26.0 Å². The summed E-state index contributed by atoms with van der Waals surface area (Å²) in [4.78, 5) is 8.62. The zero-order chi connectivity index (χ0) is 21.9. The molecule has 2 aromatic carbocycles. The van der Waals surface area contributed by atoms with Crippen LogP contribution in [0.1, 0.15) is 47.9 Å². The first kappa shape index (κ1) is 20.3. The Morgan fingerprint density at radius 3 is 2.59 bits per heavy atom. The third kappa shape index (κ3) is 3.97. The van der Waals surface area contributed by atoms with Gasteiger partial charge < -0.3 is 20.8 Å². The molecule has 5 rings (SSSR count). The average molecular weight is 433 g/mol. The van der Waals surface area contributed by atoms with Gasteiger partial charge in [-0.1, -0.05) is 48.9 Å². The monoisotopic (exact) mass is 432 g/mol. The third-order valence-corrected chi connectivity index (χ3v) is 6.01. The number of nitrogens with zero attached hydrogens (tertiary/aromatic N) is 2. The maximum absolute atomic E-state index is 15.8. The Labute approximate surface area is 186 Å². The average Bonchev–Trinajstić information content (AvgIpc) is 2.81. The van der Waals surface area contributed by atoms with Crippen LogP contribution in [0.2, 0.25) is 0 Å². The van der Waals surface area contributed by atoms with Gasteiger partial charge in [-0.2, -0.15) is 0 Å². The number of nitrogens with one attached hydrogen (secondary N) is 3. The van der Waals surface area contributed by atoms with Gasteiger partial charge in [0.15, 0.2) is 17.4 Å². The fraction of sp³-hybridized carbons (Fsp3) is 0.250. The Morgan fingerprint density at radius 2 is 1.91 bits per heavy atom. The molecule has 8 heteroatoms. The van der Waals surface area contributed by atoms with Crippen LogP contribution in [0.25, 0.3) is 5.70 Å². The molecule has 0 aromatic heterocycles. The van der Waals surface area contributed by atoms with Gasteiger partial charge >= 0.3 is 0 Å². The molecule has 2 aliphatic heterocycles. The second-order valence-corrected chi connectivity index (χ2v) is 7.97. The Morgan fingerprint density at radius 1 is 1.09 bits per heavy atom. The normalized spacial score (nSPS) is 20.2. The van der Waals surface area contributed by atoms with E-state index in [0.29, 0.717) is 29.9 Å². The maximum Gasteiger partial charge on any atom is 0.218 e. The highest BCUT2D eigenvalue weighted by molar-refractivity contribution is 5.97. The summed E-state index contributed by atoms with van der Waals surface area (Å²) in [6, 6.07) is 13.3. The van der Waals surface area contributed by atoms with Crippen molar-refractivity contribution in [2.45, 2.75) is 31.2 Å². The molecule has 2 aromatic rings. The standard InChI is InChI=1S/C24H25FN6O/c25-23-18(20-12-28-21(31-26)13-27-20)10-9-17(15-7-4-8-15)24(23)32-22-11-19(29-14-30-22)16-5-2-1-3-6-16/h1-3,5-6,9-13,15,20,27,29,31H,4,7-8,14,26H2. The summed E-state index contributed by atoms with van der Waals surface area (Å²) in [5.74, 6) is 6.40. The van der Waals surface area contributed by atoms with Gasteiger partial charge in [-0.3, -0.25) is 0 Å². The van der Waals surface area contributed by atoms with Crippen LogP contribution in [-0.4, -0.2) is 18.8 Å². The number of hydrogen-bond acceptors (Lipinski definition) is 7. The molecule has 1 saturated carbocycles. The molecule has 7 nitrogen and oxygen atoms in total. The number of hydrazine groups is 1. The van der Waals surface area contributed by atoms with E-state index < -0.39 is 11.9 Å². The molecule has 164 valence electrons. The number of hydrogen-bond donors (Lipinski definition) is 4. The van der Waals surface area contributed by atoms with Crippen LogP contribution in [0.5, 0.6) is 5.75 Å². The van der Waals surface area contributed by atoms with E-state index in [9.17, 15) is 0 Å². The molecular weight excluding hydrogens is 407 g/mol. The fourth-order valence-electron chi connectivity index (χ4n) is 4.02. The Balaban J connectivity index is 1.47. The first-order chi connectivity index (χ1) is 15.7. The van der Waals surface area contributed by atoms with Gasteiger partial charge in [0.05, 0.1) is 6.04 Å². The zero-order valence-corrected chi connectivity index (χ0v) is 17.5. The van der Waals surface area contributed by atoms with Crippen molar-refractivity contribution in [3.8, 4) is 5.75 Å². The van der Waals surface area contributed by atoms with E-state index in [1.807, 2.05) is 48.5 Å². The highest BCUT2D eigenvalue weighted by atomic mass is 19.1. The first-order valence-electron chi connectivity index (χ1n) is 10.8. The lowest BCUT2D eigenvalue weighted by atomic mass is 9.79. The van der Waals surface area contributed by atoms with Crippen molar-refractivity contribution in [2.75, 3.05) is 6.67 Å². The second kappa shape index (κ2) is 8.84. The van der Waals surface area contributed by atoms with E-state index in [0.717, 1.165) is 36.1 Å². The largest absolute Gasteiger partial charge is 0.436 e. The molecule has 5 N–H and O–H groups in total. The quantitative estimate of drug-likeness (QED) is 0.429. The van der Waals surface area contributed by atoms with Gasteiger partial charge in [0.25, 0.3) is 0 Å². The topological polar surface area (TPSA) is 96.1 Å². The summed E-state index contributed by atoms with van der Waals surface area (Å²) in [5, 5.41) is 6.36. The van der Waals surface area contributed by atoms with Crippen molar-refractivity contribution in [1.82, 2.24) is 16.1 Å². The Bertz CT molecular complexity index is 1120. The number of aliphatic imine (C=N–C) groups is 2. The van der Waals surface area contributed by atoms with Gasteiger partial charge in [-0.05, 0) is 24.3 Å². The minimum Gasteiger partial charge on any atom is -0.436 e. The van der Waals surface area contributed by atoms with E-state index in [4.69, 9.17) is 10.6 Å². The van der Waals surface area contributed by atoms with Gasteiger partial charge in [0.1, 0.15) is 6.67 Å². The summed E-state index contributed by atoms with van der Waals surface area (Å²) in [5.41, 5.74) is 5.73.